The predicted octanol–water partition coefficient (Wildman–Crippen LogP) is 5.00. The quantitative estimate of drug-likeness (QED) is 0.700. The summed E-state index contributed by atoms with van der Waals surface area (Å²) in [7, 11) is -3.66. The third kappa shape index (κ3) is 3.85. The minimum absolute atomic E-state index is 0.387. The molecule has 1 atom stereocenters. The topological polar surface area (TPSA) is 55.7 Å². The molecular formula is C18H24BrNO3S. The van der Waals surface area contributed by atoms with Crippen molar-refractivity contribution in [2.75, 3.05) is 0 Å². The molecular weight excluding hydrogens is 390 g/mol. The Balaban J connectivity index is 1.90. The minimum Gasteiger partial charge on any atom is -0.472 e. The summed E-state index contributed by atoms with van der Waals surface area (Å²) in [6.45, 7) is 3.68. The van der Waals surface area contributed by atoms with Gasteiger partial charge in [0.25, 0.3) is 10.0 Å². The van der Waals surface area contributed by atoms with Crippen LogP contribution in [0.2, 0.25) is 0 Å². The zero-order valence-corrected chi connectivity index (χ0v) is 16.6. The highest BCUT2D eigenvalue weighted by Gasteiger charge is 2.47. The lowest BCUT2D eigenvalue weighted by Gasteiger charge is -2.38. The molecule has 6 heteroatoms. The number of ether oxygens (including phenoxy) is 1. The molecule has 2 aliphatic rings. The van der Waals surface area contributed by atoms with Crippen molar-refractivity contribution in [3.05, 3.63) is 34.3 Å². The summed E-state index contributed by atoms with van der Waals surface area (Å²) >= 11 is 3.41. The molecule has 1 aliphatic carbocycles. The Kier molecular flexibility index (Phi) is 5.07. The van der Waals surface area contributed by atoms with E-state index in [-0.39, 0.29) is 0 Å². The van der Waals surface area contributed by atoms with Gasteiger partial charge in [-0.1, -0.05) is 47.3 Å². The maximum absolute atomic E-state index is 12.9. The molecule has 0 amide bonds. The smallest absolute Gasteiger partial charge is 0.267 e. The maximum Gasteiger partial charge on any atom is 0.267 e. The van der Waals surface area contributed by atoms with Crippen molar-refractivity contribution in [2.24, 2.45) is 10.3 Å². The van der Waals surface area contributed by atoms with Crippen LogP contribution < -0.4 is 0 Å². The van der Waals surface area contributed by atoms with Crippen LogP contribution in [0, 0.1) is 5.92 Å². The van der Waals surface area contributed by atoms with Gasteiger partial charge in [-0.25, -0.2) is 8.42 Å². The first-order valence-corrected chi connectivity index (χ1v) is 10.8. The van der Waals surface area contributed by atoms with E-state index in [4.69, 9.17) is 4.74 Å². The molecule has 0 radical (unpaired) electrons. The summed E-state index contributed by atoms with van der Waals surface area (Å²) in [5.41, 5.74) is -0.138. The minimum atomic E-state index is -3.66. The molecule has 1 fully saturated rings. The van der Waals surface area contributed by atoms with Gasteiger partial charge in [-0.3, -0.25) is 0 Å². The van der Waals surface area contributed by atoms with E-state index in [2.05, 4.69) is 20.3 Å². The molecule has 0 saturated heterocycles. The maximum atomic E-state index is 12.9. The van der Waals surface area contributed by atoms with Crippen molar-refractivity contribution in [3.63, 3.8) is 0 Å². The van der Waals surface area contributed by atoms with Crippen molar-refractivity contribution in [1.29, 1.82) is 0 Å². The van der Waals surface area contributed by atoms with Gasteiger partial charge in [0.2, 0.25) is 5.90 Å². The third-order valence-electron chi connectivity index (χ3n) is 4.88. The van der Waals surface area contributed by atoms with Crippen LogP contribution in [0.1, 0.15) is 63.2 Å². The van der Waals surface area contributed by atoms with E-state index < -0.39 is 20.9 Å². The van der Waals surface area contributed by atoms with Crippen molar-refractivity contribution < 1.29 is 13.2 Å². The first kappa shape index (κ1) is 17.9. The molecule has 1 aromatic carbocycles. The molecule has 1 aromatic rings. The second kappa shape index (κ2) is 6.79. The summed E-state index contributed by atoms with van der Waals surface area (Å²) < 4.78 is 36.7. The molecule has 1 unspecified atom stereocenters. The molecule has 0 bridgehead atoms. The fourth-order valence-corrected chi connectivity index (χ4v) is 6.06. The number of hydrogen-bond donors (Lipinski definition) is 0. The summed E-state index contributed by atoms with van der Waals surface area (Å²) in [4.78, 5) is 0. The lowest BCUT2D eigenvalue weighted by Crippen LogP contribution is -2.43. The average Bonchev–Trinajstić information content (AvgIpc) is 2.45. The van der Waals surface area contributed by atoms with E-state index >= 15 is 0 Å². The fourth-order valence-electron chi connectivity index (χ4n) is 3.89. The lowest BCUT2D eigenvalue weighted by atomic mass is 9.87. The zero-order valence-electron chi connectivity index (χ0n) is 14.2. The Bertz CT molecular complexity index is 736. The SMILES string of the molecule is CC1(C)OC(CC2CCCCC2)=NS(=O)(=O)C1c1cccc(Br)c1. The molecule has 1 heterocycles. The standard InChI is InChI=1S/C18H24BrNO3S/c1-18(2)17(14-9-6-10-15(19)12-14)24(21,22)20-16(23-18)11-13-7-4-3-5-8-13/h6,9-10,12-13,17H,3-5,7-8,11H2,1-2H3. The molecule has 4 nitrogen and oxygen atoms in total. The van der Waals surface area contributed by atoms with E-state index in [1.54, 1.807) is 0 Å². The Labute approximate surface area is 152 Å². The van der Waals surface area contributed by atoms with E-state index in [1.165, 1.54) is 19.3 Å². The molecule has 0 spiro atoms. The third-order valence-corrected chi connectivity index (χ3v) is 7.27. The summed E-state index contributed by atoms with van der Waals surface area (Å²) in [6.07, 6.45) is 6.62. The number of halogens is 1. The van der Waals surface area contributed by atoms with Crippen LogP contribution in [-0.4, -0.2) is 19.9 Å². The first-order valence-electron chi connectivity index (χ1n) is 8.55. The van der Waals surface area contributed by atoms with Gasteiger partial charge < -0.3 is 4.74 Å². The Morgan fingerprint density at radius 2 is 1.96 bits per heavy atom. The molecule has 3 rings (SSSR count). The lowest BCUT2D eigenvalue weighted by molar-refractivity contribution is 0.0780. The number of hydrogen-bond acceptors (Lipinski definition) is 3. The largest absolute Gasteiger partial charge is 0.472 e. The van der Waals surface area contributed by atoms with E-state index in [0.717, 1.165) is 17.3 Å². The summed E-state index contributed by atoms with van der Waals surface area (Å²) in [5, 5.41) is -0.794. The van der Waals surface area contributed by atoms with Gasteiger partial charge in [0.15, 0.2) is 0 Å². The van der Waals surface area contributed by atoms with E-state index in [9.17, 15) is 8.42 Å². The number of rotatable bonds is 3. The predicted molar refractivity (Wildman–Crippen MR) is 99.6 cm³/mol. The Morgan fingerprint density at radius 3 is 2.58 bits per heavy atom. The first-order chi connectivity index (χ1) is 11.3. The van der Waals surface area contributed by atoms with Crippen molar-refractivity contribution in [2.45, 2.75) is 63.2 Å². The molecule has 0 N–H and O–H groups in total. The zero-order chi connectivity index (χ0) is 17.4. The van der Waals surface area contributed by atoms with Crippen LogP contribution in [0.5, 0.6) is 0 Å². The van der Waals surface area contributed by atoms with E-state index in [1.807, 2.05) is 38.1 Å². The molecule has 0 aromatic heterocycles. The Morgan fingerprint density at radius 1 is 1.25 bits per heavy atom. The van der Waals surface area contributed by atoms with Crippen molar-refractivity contribution in [3.8, 4) is 0 Å². The van der Waals surface area contributed by atoms with Crippen LogP contribution in [-0.2, 0) is 14.8 Å². The average molecular weight is 414 g/mol. The van der Waals surface area contributed by atoms with Crippen LogP contribution in [0.25, 0.3) is 0 Å². The normalized spacial score (nSPS) is 26.5. The Hall–Kier alpha value is -0.880. The second-order valence-corrected chi connectivity index (χ2v) is 9.95. The van der Waals surface area contributed by atoms with Crippen LogP contribution in [0.3, 0.4) is 0 Å². The van der Waals surface area contributed by atoms with Gasteiger partial charge in [0.05, 0.1) is 0 Å². The molecule has 132 valence electrons. The van der Waals surface area contributed by atoms with Gasteiger partial charge in [0.1, 0.15) is 10.9 Å². The molecule has 1 aliphatic heterocycles. The van der Waals surface area contributed by atoms with Gasteiger partial charge in [-0.2, -0.15) is 0 Å². The van der Waals surface area contributed by atoms with Gasteiger partial charge in [-0.05, 0) is 50.3 Å². The van der Waals surface area contributed by atoms with Gasteiger partial charge in [-0.15, -0.1) is 4.40 Å². The highest BCUT2D eigenvalue weighted by Crippen LogP contribution is 2.42. The van der Waals surface area contributed by atoms with Crippen LogP contribution >= 0.6 is 15.9 Å². The monoisotopic (exact) mass is 413 g/mol. The molecule has 24 heavy (non-hydrogen) atoms. The number of nitrogens with zero attached hydrogens (tertiary/aromatic N) is 1. The van der Waals surface area contributed by atoms with Crippen LogP contribution in [0.4, 0.5) is 0 Å². The number of benzene rings is 1. The second-order valence-electron chi connectivity index (χ2n) is 7.35. The van der Waals surface area contributed by atoms with Crippen molar-refractivity contribution >= 4 is 31.9 Å². The van der Waals surface area contributed by atoms with E-state index in [0.29, 0.717) is 23.8 Å². The van der Waals surface area contributed by atoms with Crippen molar-refractivity contribution in [1.82, 2.24) is 0 Å². The summed E-state index contributed by atoms with van der Waals surface area (Å²) in [5.74, 6) is 0.879. The highest BCUT2D eigenvalue weighted by atomic mass is 79.9. The molecule has 1 saturated carbocycles. The number of sulfonamides is 1. The highest BCUT2D eigenvalue weighted by molar-refractivity contribution is 9.10. The van der Waals surface area contributed by atoms with Gasteiger partial charge in [0, 0.05) is 10.9 Å². The van der Waals surface area contributed by atoms with Gasteiger partial charge >= 0.3 is 0 Å². The van der Waals surface area contributed by atoms with Crippen LogP contribution in [0.15, 0.2) is 33.1 Å². The fraction of sp³-hybridized carbons (Fsp3) is 0.611. The summed E-state index contributed by atoms with van der Waals surface area (Å²) in [6, 6.07) is 7.37.